The first-order valence-electron chi connectivity index (χ1n) is 5.62. The van der Waals surface area contributed by atoms with Crippen LogP contribution in [-0.4, -0.2) is 12.2 Å². The molecule has 4 heteroatoms. The van der Waals surface area contributed by atoms with Gasteiger partial charge in [-0.25, -0.2) is 4.39 Å². The summed E-state index contributed by atoms with van der Waals surface area (Å²) in [7, 11) is 1.47. The fourth-order valence-electron chi connectivity index (χ4n) is 2.02. The standard InChI is InChI=1S/C14H15FO2S/c1-8-7-9(2)18-14(8)13(16)12-10(15)5-4-6-11(12)17-3/h4-7,13,16H,1-3H3. The number of hydrogen-bond donors (Lipinski definition) is 1. The second kappa shape index (κ2) is 5.08. The van der Waals surface area contributed by atoms with Gasteiger partial charge < -0.3 is 9.84 Å². The molecule has 0 spiro atoms. The Morgan fingerprint density at radius 2 is 2.06 bits per heavy atom. The van der Waals surface area contributed by atoms with Crippen LogP contribution >= 0.6 is 11.3 Å². The molecule has 2 nitrogen and oxygen atoms in total. The van der Waals surface area contributed by atoms with Crippen molar-refractivity contribution in [1.29, 1.82) is 0 Å². The van der Waals surface area contributed by atoms with Crippen LogP contribution in [0.3, 0.4) is 0 Å². The van der Waals surface area contributed by atoms with E-state index in [1.54, 1.807) is 12.1 Å². The molecule has 1 aromatic heterocycles. The average Bonchev–Trinajstić information content (AvgIpc) is 2.67. The summed E-state index contributed by atoms with van der Waals surface area (Å²) >= 11 is 1.47. The Hall–Kier alpha value is -1.39. The van der Waals surface area contributed by atoms with Gasteiger partial charge in [0.25, 0.3) is 0 Å². The van der Waals surface area contributed by atoms with E-state index in [-0.39, 0.29) is 5.56 Å². The Kier molecular flexibility index (Phi) is 3.68. The second-order valence-electron chi connectivity index (χ2n) is 4.16. The molecule has 0 aliphatic carbocycles. The van der Waals surface area contributed by atoms with E-state index in [1.165, 1.54) is 24.5 Å². The number of halogens is 1. The van der Waals surface area contributed by atoms with Crippen molar-refractivity contribution < 1.29 is 14.2 Å². The Morgan fingerprint density at radius 1 is 1.33 bits per heavy atom. The lowest BCUT2D eigenvalue weighted by Gasteiger charge is -2.15. The van der Waals surface area contributed by atoms with Crippen molar-refractivity contribution in [2.45, 2.75) is 20.0 Å². The summed E-state index contributed by atoms with van der Waals surface area (Å²) in [4.78, 5) is 1.85. The highest BCUT2D eigenvalue weighted by Crippen LogP contribution is 2.37. The van der Waals surface area contributed by atoms with E-state index in [0.717, 1.165) is 15.3 Å². The highest BCUT2D eigenvalue weighted by atomic mass is 32.1. The molecular weight excluding hydrogens is 251 g/mol. The zero-order valence-corrected chi connectivity index (χ0v) is 11.3. The molecule has 0 saturated carbocycles. The fraction of sp³-hybridized carbons (Fsp3) is 0.286. The summed E-state index contributed by atoms with van der Waals surface area (Å²) in [6.07, 6.45) is -0.986. The normalized spacial score (nSPS) is 12.5. The Bertz CT molecular complexity index is 563. The number of aliphatic hydroxyl groups excluding tert-OH is 1. The number of methoxy groups -OCH3 is 1. The third-order valence-corrected chi connectivity index (χ3v) is 4.04. The van der Waals surface area contributed by atoms with Gasteiger partial charge in [0.2, 0.25) is 0 Å². The van der Waals surface area contributed by atoms with Gasteiger partial charge in [0.1, 0.15) is 17.7 Å². The molecule has 0 amide bonds. The third kappa shape index (κ3) is 2.26. The minimum Gasteiger partial charge on any atom is -0.496 e. The van der Waals surface area contributed by atoms with E-state index in [0.29, 0.717) is 5.75 Å². The predicted octanol–water partition coefficient (Wildman–Crippen LogP) is 3.59. The first-order chi connectivity index (χ1) is 8.54. The summed E-state index contributed by atoms with van der Waals surface area (Å²) in [6, 6.07) is 6.53. The molecule has 1 aromatic carbocycles. The van der Waals surface area contributed by atoms with E-state index in [4.69, 9.17) is 4.74 Å². The lowest BCUT2D eigenvalue weighted by Crippen LogP contribution is -2.04. The molecule has 0 saturated heterocycles. The van der Waals surface area contributed by atoms with Gasteiger partial charge in [0.15, 0.2) is 0 Å². The molecule has 0 bridgehead atoms. The van der Waals surface area contributed by atoms with Crippen LogP contribution in [0.5, 0.6) is 5.75 Å². The first kappa shape index (κ1) is 13.1. The van der Waals surface area contributed by atoms with E-state index in [9.17, 15) is 9.50 Å². The monoisotopic (exact) mass is 266 g/mol. The van der Waals surface area contributed by atoms with Gasteiger partial charge in [-0.15, -0.1) is 11.3 Å². The molecule has 0 radical (unpaired) electrons. The van der Waals surface area contributed by atoms with Gasteiger partial charge in [-0.2, -0.15) is 0 Å². The maximum absolute atomic E-state index is 13.9. The Labute approximate surface area is 110 Å². The lowest BCUT2D eigenvalue weighted by molar-refractivity contribution is 0.212. The number of rotatable bonds is 3. The van der Waals surface area contributed by atoms with Gasteiger partial charge in [-0.3, -0.25) is 0 Å². The van der Waals surface area contributed by atoms with Crippen molar-refractivity contribution in [2.24, 2.45) is 0 Å². The molecule has 96 valence electrons. The SMILES string of the molecule is COc1cccc(F)c1C(O)c1sc(C)cc1C. The molecule has 1 unspecified atom stereocenters. The maximum Gasteiger partial charge on any atom is 0.133 e. The molecule has 0 aliphatic rings. The van der Waals surface area contributed by atoms with Crippen molar-refractivity contribution in [1.82, 2.24) is 0 Å². The Morgan fingerprint density at radius 3 is 2.61 bits per heavy atom. The fourth-order valence-corrected chi connectivity index (χ4v) is 3.05. The smallest absolute Gasteiger partial charge is 0.133 e. The third-order valence-electron chi connectivity index (χ3n) is 2.83. The van der Waals surface area contributed by atoms with Crippen molar-refractivity contribution in [3.05, 3.63) is 51.0 Å². The van der Waals surface area contributed by atoms with Crippen LogP contribution in [0.25, 0.3) is 0 Å². The van der Waals surface area contributed by atoms with E-state index in [2.05, 4.69) is 0 Å². The number of hydrogen-bond acceptors (Lipinski definition) is 3. The predicted molar refractivity (Wildman–Crippen MR) is 70.8 cm³/mol. The van der Waals surface area contributed by atoms with E-state index >= 15 is 0 Å². The molecular formula is C14H15FO2S. The second-order valence-corrected chi connectivity index (χ2v) is 5.45. The summed E-state index contributed by atoms with van der Waals surface area (Å²) in [5, 5.41) is 10.4. The van der Waals surface area contributed by atoms with Crippen LogP contribution in [0, 0.1) is 19.7 Å². The largest absolute Gasteiger partial charge is 0.496 e. The van der Waals surface area contributed by atoms with Gasteiger partial charge in [-0.05, 0) is 37.6 Å². The number of aliphatic hydroxyl groups is 1. The van der Waals surface area contributed by atoms with Crippen molar-refractivity contribution in [2.75, 3.05) is 7.11 Å². The topological polar surface area (TPSA) is 29.5 Å². The van der Waals surface area contributed by atoms with E-state index < -0.39 is 11.9 Å². The van der Waals surface area contributed by atoms with Crippen molar-refractivity contribution >= 4 is 11.3 Å². The minimum absolute atomic E-state index is 0.199. The lowest BCUT2D eigenvalue weighted by atomic mass is 10.0. The highest BCUT2D eigenvalue weighted by molar-refractivity contribution is 7.12. The van der Waals surface area contributed by atoms with E-state index in [1.807, 2.05) is 19.9 Å². The maximum atomic E-state index is 13.9. The van der Waals surface area contributed by atoms with Gasteiger partial charge in [0.05, 0.1) is 12.7 Å². The van der Waals surface area contributed by atoms with Crippen molar-refractivity contribution in [3.8, 4) is 5.75 Å². The molecule has 1 N–H and O–H groups in total. The quantitative estimate of drug-likeness (QED) is 0.920. The molecule has 0 aliphatic heterocycles. The van der Waals surface area contributed by atoms with Crippen LogP contribution in [0.15, 0.2) is 24.3 Å². The van der Waals surface area contributed by atoms with Crippen LogP contribution in [0.2, 0.25) is 0 Å². The summed E-state index contributed by atoms with van der Waals surface area (Å²) in [5.41, 5.74) is 1.17. The zero-order chi connectivity index (χ0) is 13.3. The van der Waals surface area contributed by atoms with Gasteiger partial charge >= 0.3 is 0 Å². The molecule has 18 heavy (non-hydrogen) atoms. The van der Waals surface area contributed by atoms with Crippen LogP contribution in [0.1, 0.15) is 27.0 Å². The number of benzene rings is 1. The summed E-state index contributed by atoms with van der Waals surface area (Å²) in [6.45, 7) is 3.88. The van der Waals surface area contributed by atoms with Crippen LogP contribution < -0.4 is 4.74 Å². The van der Waals surface area contributed by atoms with Gasteiger partial charge in [-0.1, -0.05) is 6.07 Å². The summed E-state index contributed by atoms with van der Waals surface area (Å²) < 4.78 is 19.0. The number of thiophene rings is 1. The zero-order valence-electron chi connectivity index (χ0n) is 10.5. The highest BCUT2D eigenvalue weighted by Gasteiger charge is 2.22. The van der Waals surface area contributed by atoms with Crippen molar-refractivity contribution in [3.63, 3.8) is 0 Å². The molecule has 1 heterocycles. The molecule has 2 aromatic rings. The molecule has 1 atom stereocenters. The Balaban J connectivity index is 2.52. The molecule has 0 fully saturated rings. The number of aryl methyl sites for hydroxylation is 2. The van der Waals surface area contributed by atoms with Crippen LogP contribution in [0.4, 0.5) is 4.39 Å². The molecule has 2 rings (SSSR count). The average molecular weight is 266 g/mol. The summed E-state index contributed by atoms with van der Waals surface area (Å²) in [5.74, 6) is -0.0831. The first-order valence-corrected chi connectivity index (χ1v) is 6.43. The number of ether oxygens (including phenoxy) is 1. The minimum atomic E-state index is -0.986. The van der Waals surface area contributed by atoms with Crippen LogP contribution in [-0.2, 0) is 0 Å². The van der Waals surface area contributed by atoms with Gasteiger partial charge in [0, 0.05) is 9.75 Å².